The number of pyridine rings is 1. The van der Waals surface area contributed by atoms with Gasteiger partial charge in [-0.15, -0.1) is 6.58 Å². The van der Waals surface area contributed by atoms with Crippen molar-refractivity contribution in [3.8, 4) is 5.75 Å². The molecule has 2 aromatic carbocycles. The van der Waals surface area contributed by atoms with Crippen molar-refractivity contribution in [2.45, 2.75) is 51.1 Å². The molecular weight excluding hydrogens is 491 g/mol. The molecule has 4 unspecified atom stereocenters. The SMILES string of the molecule is C=CCC1(C)CC(c2cccc(Cl)c2)C(c2ccc(Cl)cc2)N(C(C)CCOc2cccnc2)C1=O. The number of nitrogens with zero attached hydrogens (tertiary/aromatic N) is 2. The second-order valence-corrected chi connectivity index (χ2v) is 10.7. The maximum atomic E-state index is 14.2. The Labute approximate surface area is 223 Å². The van der Waals surface area contributed by atoms with Crippen molar-refractivity contribution in [1.82, 2.24) is 9.88 Å². The Morgan fingerprint density at radius 3 is 2.58 bits per heavy atom. The maximum Gasteiger partial charge on any atom is 0.229 e. The van der Waals surface area contributed by atoms with Crippen molar-refractivity contribution in [2.24, 2.45) is 5.41 Å². The van der Waals surface area contributed by atoms with E-state index < -0.39 is 5.41 Å². The van der Waals surface area contributed by atoms with Crippen LogP contribution in [0.2, 0.25) is 10.0 Å². The zero-order valence-electron chi connectivity index (χ0n) is 20.7. The van der Waals surface area contributed by atoms with Crippen molar-refractivity contribution >= 4 is 29.1 Å². The molecule has 1 amide bonds. The molecule has 4 nitrogen and oxygen atoms in total. The largest absolute Gasteiger partial charge is 0.492 e. The van der Waals surface area contributed by atoms with Gasteiger partial charge in [0, 0.05) is 34.6 Å². The van der Waals surface area contributed by atoms with Crippen molar-refractivity contribution < 1.29 is 9.53 Å². The molecule has 6 heteroatoms. The summed E-state index contributed by atoms with van der Waals surface area (Å²) in [6, 6.07) is 19.3. The zero-order chi connectivity index (χ0) is 25.7. The predicted molar refractivity (Wildman–Crippen MR) is 147 cm³/mol. The number of rotatable bonds is 9. The van der Waals surface area contributed by atoms with Gasteiger partial charge in [-0.2, -0.15) is 0 Å². The number of amides is 1. The quantitative estimate of drug-likeness (QED) is 0.268. The Hall–Kier alpha value is -2.82. The third-order valence-electron chi connectivity index (χ3n) is 7.10. The van der Waals surface area contributed by atoms with Gasteiger partial charge in [-0.05, 0) is 67.3 Å². The van der Waals surface area contributed by atoms with Crippen LogP contribution < -0.4 is 4.74 Å². The maximum absolute atomic E-state index is 14.2. The van der Waals surface area contributed by atoms with Crippen LogP contribution in [0.5, 0.6) is 5.75 Å². The Morgan fingerprint density at radius 1 is 1.14 bits per heavy atom. The Bertz CT molecular complexity index is 1190. The van der Waals surface area contributed by atoms with E-state index in [1.165, 1.54) is 0 Å². The first-order valence-electron chi connectivity index (χ1n) is 12.3. The van der Waals surface area contributed by atoms with Crippen molar-refractivity contribution in [3.63, 3.8) is 0 Å². The van der Waals surface area contributed by atoms with E-state index in [1.54, 1.807) is 12.4 Å². The molecule has 0 bridgehead atoms. The summed E-state index contributed by atoms with van der Waals surface area (Å²) in [5, 5.41) is 1.36. The molecule has 0 spiro atoms. The number of likely N-dealkylation sites (tertiary alicyclic amines) is 1. The summed E-state index contributed by atoms with van der Waals surface area (Å²) in [5.74, 6) is 0.904. The highest BCUT2D eigenvalue weighted by Crippen LogP contribution is 2.52. The van der Waals surface area contributed by atoms with Crippen LogP contribution in [0.15, 0.2) is 85.7 Å². The number of hydrogen-bond donors (Lipinski definition) is 0. The van der Waals surface area contributed by atoms with E-state index in [1.807, 2.05) is 60.7 Å². The lowest BCUT2D eigenvalue weighted by atomic mass is 9.67. The minimum Gasteiger partial charge on any atom is -0.492 e. The van der Waals surface area contributed by atoms with E-state index in [-0.39, 0.29) is 23.9 Å². The van der Waals surface area contributed by atoms with Crippen molar-refractivity contribution in [3.05, 3.63) is 107 Å². The number of benzene rings is 2. The molecule has 188 valence electrons. The van der Waals surface area contributed by atoms with Crippen LogP contribution in [0.3, 0.4) is 0 Å². The molecule has 1 aromatic heterocycles. The fourth-order valence-corrected chi connectivity index (χ4v) is 5.61. The summed E-state index contributed by atoms with van der Waals surface area (Å²) in [4.78, 5) is 20.4. The highest BCUT2D eigenvalue weighted by molar-refractivity contribution is 6.30. The van der Waals surface area contributed by atoms with Gasteiger partial charge in [0.15, 0.2) is 0 Å². The molecule has 2 heterocycles. The van der Waals surface area contributed by atoms with Gasteiger partial charge in [0.05, 0.1) is 24.3 Å². The standard InChI is InChI=1S/C30H32Cl2N2O2/c1-4-15-30(3)19-27(23-7-5-8-25(32)18-23)28(22-10-12-24(31)13-11-22)34(29(30)35)21(2)14-17-36-26-9-6-16-33-20-26/h4-13,16,18,20-21,27-28H,1,14-15,17,19H2,2-3H3. The smallest absolute Gasteiger partial charge is 0.229 e. The van der Waals surface area contributed by atoms with Crippen LogP contribution in [0.25, 0.3) is 0 Å². The topological polar surface area (TPSA) is 42.4 Å². The molecule has 1 aliphatic heterocycles. The van der Waals surface area contributed by atoms with Crippen LogP contribution in [-0.2, 0) is 4.79 Å². The average Bonchev–Trinajstić information content (AvgIpc) is 2.87. The molecule has 4 rings (SSSR count). The van der Waals surface area contributed by atoms with Gasteiger partial charge < -0.3 is 9.64 Å². The van der Waals surface area contributed by atoms with E-state index in [0.29, 0.717) is 35.9 Å². The summed E-state index contributed by atoms with van der Waals surface area (Å²) in [7, 11) is 0. The van der Waals surface area contributed by atoms with E-state index in [2.05, 4.69) is 36.4 Å². The van der Waals surface area contributed by atoms with Crippen molar-refractivity contribution in [2.75, 3.05) is 6.61 Å². The minimum atomic E-state index is -0.573. The van der Waals surface area contributed by atoms with Gasteiger partial charge in [0.1, 0.15) is 5.75 Å². The van der Waals surface area contributed by atoms with Gasteiger partial charge in [-0.3, -0.25) is 9.78 Å². The number of halogens is 2. The van der Waals surface area contributed by atoms with E-state index in [9.17, 15) is 4.79 Å². The minimum absolute atomic E-state index is 0.0502. The number of carbonyl (C=O) groups is 1. The monoisotopic (exact) mass is 522 g/mol. The van der Waals surface area contributed by atoms with Crippen LogP contribution in [0.1, 0.15) is 56.2 Å². The highest BCUT2D eigenvalue weighted by Gasteiger charge is 2.50. The number of ether oxygens (including phenoxy) is 1. The average molecular weight is 524 g/mol. The van der Waals surface area contributed by atoms with Crippen LogP contribution >= 0.6 is 23.2 Å². The number of piperidine rings is 1. The van der Waals surface area contributed by atoms with Crippen LogP contribution in [-0.4, -0.2) is 28.4 Å². The van der Waals surface area contributed by atoms with E-state index in [4.69, 9.17) is 27.9 Å². The summed E-state index contributed by atoms with van der Waals surface area (Å²) in [5.41, 5.74) is 1.60. The summed E-state index contributed by atoms with van der Waals surface area (Å²) >= 11 is 12.7. The second-order valence-electron chi connectivity index (χ2n) is 9.80. The normalized spacial score (nSPS) is 22.8. The molecule has 36 heavy (non-hydrogen) atoms. The Kier molecular flexibility index (Phi) is 8.38. The summed E-state index contributed by atoms with van der Waals surface area (Å²) in [6.07, 6.45) is 7.24. The first kappa shape index (κ1) is 26.2. The predicted octanol–water partition coefficient (Wildman–Crippen LogP) is 7.89. The van der Waals surface area contributed by atoms with Gasteiger partial charge in [0.2, 0.25) is 5.91 Å². The molecule has 1 saturated heterocycles. The molecular formula is C30H32Cl2N2O2. The van der Waals surface area contributed by atoms with Gasteiger partial charge >= 0.3 is 0 Å². The van der Waals surface area contributed by atoms with E-state index in [0.717, 1.165) is 16.9 Å². The Balaban J connectivity index is 1.73. The molecule has 0 saturated carbocycles. The lowest BCUT2D eigenvalue weighted by Crippen LogP contribution is -2.55. The van der Waals surface area contributed by atoms with Crippen molar-refractivity contribution in [1.29, 1.82) is 0 Å². The van der Waals surface area contributed by atoms with Gasteiger partial charge in [0.25, 0.3) is 0 Å². The Morgan fingerprint density at radius 2 is 1.92 bits per heavy atom. The van der Waals surface area contributed by atoms with E-state index >= 15 is 0 Å². The highest BCUT2D eigenvalue weighted by atomic mass is 35.5. The summed E-state index contributed by atoms with van der Waals surface area (Å²) < 4.78 is 5.93. The third-order valence-corrected chi connectivity index (χ3v) is 7.59. The third kappa shape index (κ3) is 5.77. The molecule has 1 fully saturated rings. The molecule has 0 radical (unpaired) electrons. The van der Waals surface area contributed by atoms with Crippen LogP contribution in [0.4, 0.5) is 0 Å². The number of aromatic nitrogens is 1. The zero-order valence-corrected chi connectivity index (χ0v) is 22.3. The fraction of sp³-hybridized carbons (Fsp3) is 0.333. The number of allylic oxidation sites excluding steroid dienone is 1. The molecule has 1 aliphatic rings. The fourth-order valence-electron chi connectivity index (χ4n) is 5.29. The first-order chi connectivity index (χ1) is 17.3. The van der Waals surface area contributed by atoms with Crippen LogP contribution in [0, 0.1) is 5.41 Å². The van der Waals surface area contributed by atoms with Gasteiger partial charge in [-0.1, -0.05) is 60.5 Å². The number of carbonyl (C=O) groups excluding carboxylic acids is 1. The molecule has 0 N–H and O–H groups in total. The first-order valence-corrected chi connectivity index (χ1v) is 13.1. The second kappa shape index (κ2) is 11.5. The lowest BCUT2D eigenvalue weighted by Gasteiger charge is -2.51. The summed E-state index contributed by atoms with van der Waals surface area (Å²) in [6.45, 7) is 8.58. The molecule has 4 atom stereocenters. The van der Waals surface area contributed by atoms with Gasteiger partial charge in [-0.25, -0.2) is 0 Å². The molecule has 3 aromatic rings. The number of hydrogen-bond acceptors (Lipinski definition) is 3. The molecule has 0 aliphatic carbocycles. The lowest BCUT2D eigenvalue weighted by molar-refractivity contribution is -0.154.